The van der Waals surface area contributed by atoms with E-state index in [1.807, 2.05) is 60.8 Å². The first-order valence-corrected chi connectivity index (χ1v) is 12.8. The number of hydrogen-bond donors (Lipinski definition) is 3. The molecule has 2 atom stereocenters. The number of nitrogens with zero attached hydrogens (tertiary/aromatic N) is 1. The molecule has 8 heteroatoms. The number of amides is 2. The Balaban J connectivity index is 1.45. The Kier molecular flexibility index (Phi) is 7.63. The number of nitrogens with one attached hydrogen (secondary N) is 3. The van der Waals surface area contributed by atoms with Gasteiger partial charge in [-0.25, -0.2) is 4.79 Å². The monoisotopic (exact) mass is 520 g/mol. The van der Waals surface area contributed by atoms with Crippen LogP contribution in [-0.2, 0) is 20.7 Å². The zero-order valence-electron chi connectivity index (χ0n) is 21.4. The third kappa shape index (κ3) is 5.80. The van der Waals surface area contributed by atoms with Crippen LogP contribution in [0, 0.1) is 0 Å². The summed E-state index contributed by atoms with van der Waals surface area (Å²) in [6.45, 7) is 1.88. The summed E-state index contributed by atoms with van der Waals surface area (Å²) in [6, 6.07) is 23.8. The van der Waals surface area contributed by atoms with Crippen LogP contribution in [0.2, 0.25) is 0 Å². The van der Waals surface area contributed by atoms with E-state index in [1.54, 1.807) is 37.3 Å². The van der Waals surface area contributed by atoms with E-state index in [0.717, 1.165) is 27.4 Å². The Morgan fingerprint density at radius 3 is 2.49 bits per heavy atom. The first-order valence-electron chi connectivity index (χ1n) is 12.8. The second-order valence-corrected chi connectivity index (χ2v) is 9.11. The lowest BCUT2D eigenvalue weighted by Gasteiger charge is -2.23. The van der Waals surface area contributed by atoms with Crippen LogP contribution in [0.5, 0.6) is 0 Å². The van der Waals surface area contributed by atoms with Crippen molar-refractivity contribution in [1.82, 2.24) is 20.6 Å². The van der Waals surface area contributed by atoms with Crippen molar-refractivity contribution >= 4 is 39.6 Å². The van der Waals surface area contributed by atoms with E-state index < -0.39 is 29.9 Å². The molecule has 0 unspecified atom stereocenters. The number of pyridine rings is 1. The maximum atomic E-state index is 13.7. The van der Waals surface area contributed by atoms with Gasteiger partial charge in [-0.05, 0) is 36.2 Å². The van der Waals surface area contributed by atoms with E-state index in [1.165, 1.54) is 6.20 Å². The lowest BCUT2D eigenvalue weighted by molar-refractivity contribution is -0.147. The van der Waals surface area contributed by atoms with Gasteiger partial charge < -0.3 is 20.4 Å². The average molecular weight is 521 g/mol. The summed E-state index contributed by atoms with van der Waals surface area (Å²) in [5, 5.41) is 7.44. The van der Waals surface area contributed by atoms with E-state index in [2.05, 4.69) is 20.6 Å². The molecular formula is C31H28N4O4. The van der Waals surface area contributed by atoms with Crippen LogP contribution in [0.3, 0.4) is 0 Å². The number of benzene rings is 3. The number of para-hydroxylation sites is 2. The van der Waals surface area contributed by atoms with Gasteiger partial charge >= 0.3 is 5.97 Å². The van der Waals surface area contributed by atoms with Crippen molar-refractivity contribution in [2.24, 2.45) is 0 Å². The molecule has 2 amide bonds. The molecular weight excluding hydrogens is 492 g/mol. The zero-order chi connectivity index (χ0) is 27.2. The highest BCUT2D eigenvalue weighted by Gasteiger charge is 2.30. The lowest BCUT2D eigenvalue weighted by Crippen LogP contribution is -2.50. The molecule has 3 aromatic carbocycles. The lowest BCUT2D eigenvalue weighted by atomic mass is 10.0. The number of aromatic amines is 1. The Morgan fingerprint density at radius 2 is 1.67 bits per heavy atom. The van der Waals surface area contributed by atoms with Crippen molar-refractivity contribution in [1.29, 1.82) is 0 Å². The maximum Gasteiger partial charge on any atom is 0.333 e. The number of carbonyl (C=O) groups is 3. The topological polar surface area (TPSA) is 113 Å². The number of hydrogen-bond acceptors (Lipinski definition) is 5. The molecule has 0 bridgehead atoms. The summed E-state index contributed by atoms with van der Waals surface area (Å²) in [6.07, 6.45) is 3.52. The Hall–Kier alpha value is -4.98. The van der Waals surface area contributed by atoms with E-state index >= 15 is 0 Å². The van der Waals surface area contributed by atoms with Crippen molar-refractivity contribution < 1.29 is 19.1 Å². The normalized spacial score (nSPS) is 12.5. The van der Waals surface area contributed by atoms with Gasteiger partial charge in [-0.3, -0.25) is 14.6 Å². The van der Waals surface area contributed by atoms with Crippen LogP contribution in [-0.4, -0.2) is 40.4 Å². The molecule has 8 nitrogen and oxygen atoms in total. The van der Waals surface area contributed by atoms with Gasteiger partial charge in [0.05, 0.1) is 17.7 Å². The van der Waals surface area contributed by atoms with Gasteiger partial charge in [-0.15, -0.1) is 0 Å². The van der Waals surface area contributed by atoms with E-state index in [-0.39, 0.29) is 13.0 Å². The van der Waals surface area contributed by atoms with Crippen LogP contribution in [0.15, 0.2) is 97.3 Å². The molecule has 5 aromatic rings. The van der Waals surface area contributed by atoms with Gasteiger partial charge in [-0.1, -0.05) is 66.7 Å². The molecule has 0 aliphatic heterocycles. The quantitative estimate of drug-likeness (QED) is 0.248. The van der Waals surface area contributed by atoms with Crippen molar-refractivity contribution in [3.63, 3.8) is 0 Å². The van der Waals surface area contributed by atoms with Crippen LogP contribution in [0.25, 0.3) is 21.8 Å². The Labute approximate surface area is 225 Å². The van der Waals surface area contributed by atoms with Gasteiger partial charge in [-0.2, -0.15) is 0 Å². The van der Waals surface area contributed by atoms with E-state index in [0.29, 0.717) is 11.1 Å². The Bertz CT molecular complexity index is 1630. The predicted octanol–water partition coefficient (Wildman–Crippen LogP) is 4.48. The number of fused-ring (bicyclic) bond motifs is 2. The minimum atomic E-state index is -1.02. The maximum absolute atomic E-state index is 13.7. The zero-order valence-corrected chi connectivity index (χ0v) is 21.4. The number of carbonyl (C=O) groups excluding carboxylic acids is 3. The first-order chi connectivity index (χ1) is 19.0. The summed E-state index contributed by atoms with van der Waals surface area (Å²) < 4.78 is 5.24. The average Bonchev–Trinajstić information content (AvgIpc) is 3.38. The molecule has 0 radical (unpaired) electrons. The van der Waals surface area contributed by atoms with Gasteiger partial charge in [0.15, 0.2) is 6.04 Å². The summed E-state index contributed by atoms with van der Waals surface area (Å²) in [4.78, 5) is 47.5. The van der Waals surface area contributed by atoms with Crippen molar-refractivity contribution in [3.05, 3.63) is 114 Å². The summed E-state index contributed by atoms with van der Waals surface area (Å²) in [5.74, 6) is -1.53. The molecule has 0 aliphatic carbocycles. The smallest absolute Gasteiger partial charge is 0.333 e. The highest BCUT2D eigenvalue weighted by atomic mass is 16.5. The molecule has 0 spiro atoms. The molecule has 2 aromatic heterocycles. The number of esters is 1. The number of ether oxygens (including phenoxy) is 1. The van der Waals surface area contributed by atoms with Crippen LogP contribution < -0.4 is 10.6 Å². The van der Waals surface area contributed by atoms with Crippen molar-refractivity contribution in [3.8, 4) is 0 Å². The molecule has 0 saturated carbocycles. The standard InChI is InChI=1S/C31H28N4O4/c1-2-39-31(38)28(20-10-4-3-5-11-20)35-30(37)27(17-22-18-33-26-15-9-7-13-24(22)26)34-29(36)23-16-21-12-6-8-14-25(21)32-19-23/h3-16,18-19,27-28,33H,2,17H2,1H3,(H,34,36)(H,35,37)/t27-,28+/m1/s1. The molecule has 2 heterocycles. The predicted molar refractivity (Wildman–Crippen MR) is 149 cm³/mol. The van der Waals surface area contributed by atoms with Gasteiger partial charge in [0.2, 0.25) is 5.91 Å². The summed E-state index contributed by atoms with van der Waals surface area (Å²) in [7, 11) is 0. The summed E-state index contributed by atoms with van der Waals surface area (Å²) in [5.41, 5.74) is 3.46. The first kappa shape index (κ1) is 25.7. The summed E-state index contributed by atoms with van der Waals surface area (Å²) >= 11 is 0. The SMILES string of the molecule is CCOC(=O)[C@@H](NC(=O)[C@@H](Cc1c[nH]c2ccccc12)NC(=O)c1cnc2ccccc2c1)c1ccccc1. The molecule has 196 valence electrons. The molecule has 3 N–H and O–H groups in total. The fourth-order valence-electron chi connectivity index (χ4n) is 4.56. The van der Waals surface area contributed by atoms with Crippen molar-refractivity contribution in [2.75, 3.05) is 6.61 Å². The molecule has 0 fully saturated rings. The second-order valence-electron chi connectivity index (χ2n) is 9.11. The molecule has 0 aliphatic rings. The van der Waals surface area contributed by atoms with E-state index in [9.17, 15) is 14.4 Å². The molecule has 5 rings (SSSR count). The third-order valence-corrected chi connectivity index (χ3v) is 6.52. The van der Waals surface area contributed by atoms with Gasteiger partial charge in [0.25, 0.3) is 5.91 Å². The molecule has 0 saturated heterocycles. The van der Waals surface area contributed by atoms with Crippen LogP contribution in [0.1, 0.15) is 34.5 Å². The number of aromatic nitrogens is 2. The molecule has 39 heavy (non-hydrogen) atoms. The fraction of sp³-hybridized carbons (Fsp3) is 0.161. The largest absolute Gasteiger partial charge is 0.464 e. The highest BCUT2D eigenvalue weighted by molar-refractivity contribution is 6.00. The highest BCUT2D eigenvalue weighted by Crippen LogP contribution is 2.21. The van der Waals surface area contributed by atoms with E-state index in [4.69, 9.17) is 4.74 Å². The minimum absolute atomic E-state index is 0.169. The van der Waals surface area contributed by atoms with Crippen LogP contribution in [0.4, 0.5) is 0 Å². The second kappa shape index (κ2) is 11.6. The fourth-order valence-corrected chi connectivity index (χ4v) is 4.56. The Morgan fingerprint density at radius 1 is 0.923 bits per heavy atom. The number of rotatable bonds is 9. The van der Waals surface area contributed by atoms with Gasteiger partial charge in [0.1, 0.15) is 6.04 Å². The third-order valence-electron chi connectivity index (χ3n) is 6.52. The number of H-pyrrole nitrogens is 1. The van der Waals surface area contributed by atoms with Crippen LogP contribution >= 0.6 is 0 Å². The minimum Gasteiger partial charge on any atom is -0.464 e. The van der Waals surface area contributed by atoms with Gasteiger partial charge in [0, 0.05) is 35.1 Å². The van der Waals surface area contributed by atoms with Crippen molar-refractivity contribution in [2.45, 2.75) is 25.4 Å².